The number of aromatic nitrogens is 3. The predicted octanol–water partition coefficient (Wildman–Crippen LogP) is 2.31. The highest BCUT2D eigenvalue weighted by molar-refractivity contribution is 14.0. The first-order valence-electron chi connectivity index (χ1n) is 8.05. The second-order valence-corrected chi connectivity index (χ2v) is 5.90. The van der Waals surface area contributed by atoms with Crippen molar-refractivity contribution in [1.82, 2.24) is 25.4 Å². The third-order valence-electron chi connectivity index (χ3n) is 4.35. The third-order valence-corrected chi connectivity index (χ3v) is 4.35. The molecule has 0 aromatic carbocycles. The first-order chi connectivity index (χ1) is 10.2. The first kappa shape index (κ1) is 19.2. The molecule has 0 bridgehead atoms. The second-order valence-electron chi connectivity index (χ2n) is 5.90. The summed E-state index contributed by atoms with van der Waals surface area (Å²) in [5.41, 5.74) is 0. The molecule has 1 heterocycles. The molecule has 1 aromatic rings. The lowest BCUT2D eigenvalue weighted by Gasteiger charge is -2.29. The Morgan fingerprint density at radius 1 is 1.36 bits per heavy atom. The molecular weight excluding hydrogens is 391 g/mol. The van der Waals surface area contributed by atoms with E-state index in [1.54, 1.807) is 11.0 Å². The SMILES string of the molecule is CCNC(=NCc1ncnn1C)NCC1CCCCC1C.I. The van der Waals surface area contributed by atoms with Crippen molar-refractivity contribution in [2.75, 3.05) is 13.1 Å². The van der Waals surface area contributed by atoms with Crippen LogP contribution in [0, 0.1) is 11.8 Å². The summed E-state index contributed by atoms with van der Waals surface area (Å²) in [6, 6.07) is 0. The summed E-state index contributed by atoms with van der Waals surface area (Å²) in [4.78, 5) is 8.80. The zero-order valence-corrected chi connectivity index (χ0v) is 16.2. The molecule has 0 saturated heterocycles. The van der Waals surface area contributed by atoms with Crippen molar-refractivity contribution >= 4 is 29.9 Å². The Balaban J connectivity index is 0.00000242. The number of aliphatic imine (C=N–C) groups is 1. The van der Waals surface area contributed by atoms with Crippen LogP contribution in [0.3, 0.4) is 0 Å². The monoisotopic (exact) mass is 420 g/mol. The fraction of sp³-hybridized carbons (Fsp3) is 0.800. The van der Waals surface area contributed by atoms with Crippen molar-refractivity contribution in [1.29, 1.82) is 0 Å². The van der Waals surface area contributed by atoms with Gasteiger partial charge in [-0.15, -0.1) is 24.0 Å². The van der Waals surface area contributed by atoms with E-state index in [9.17, 15) is 0 Å². The van der Waals surface area contributed by atoms with Crippen LogP contribution in [-0.4, -0.2) is 33.8 Å². The summed E-state index contributed by atoms with van der Waals surface area (Å²) in [6.45, 7) is 6.88. The third kappa shape index (κ3) is 5.73. The van der Waals surface area contributed by atoms with Gasteiger partial charge < -0.3 is 10.6 Å². The van der Waals surface area contributed by atoms with Gasteiger partial charge in [0.1, 0.15) is 18.7 Å². The minimum Gasteiger partial charge on any atom is -0.357 e. The molecule has 0 amide bonds. The first-order valence-corrected chi connectivity index (χ1v) is 8.05. The molecule has 1 fully saturated rings. The van der Waals surface area contributed by atoms with E-state index < -0.39 is 0 Å². The molecule has 2 N–H and O–H groups in total. The Hall–Kier alpha value is -0.860. The number of rotatable bonds is 5. The summed E-state index contributed by atoms with van der Waals surface area (Å²) in [5.74, 6) is 3.32. The highest BCUT2D eigenvalue weighted by Crippen LogP contribution is 2.28. The van der Waals surface area contributed by atoms with Gasteiger partial charge in [0.05, 0.1) is 0 Å². The molecule has 2 atom stereocenters. The van der Waals surface area contributed by atoms with Gasteiger partial charge in [0, 0.05) is 20.1 Å². The van der Waals surface area contributed by atoms with Crippen LogP contribution >= 0.6 is 24.0 Å². The highest BCUT2D eigenvalue weighted by atomic mass is 127. The lowest BCUT2D eigenvalue weighted by Crippen LogP contribution is -2.41. The van der Waals surface area contributed by atoms with Gasteiger partial charge in [0.25, 0.3) is 0 Å². The van der Waals surface area contributed by atoms with Crippen molar-refractivity contribution in [3.8, 4) is 0 Å². The molecule has 1 saturated carbocycles. The Bertz CT molecular complexity index is 459. The molecule has 1 aliphatic rings. The standard InChI is InChI=1S/C15H28N6.HI/c1-4-16-15(18-10-14-19-11-20-21(14)3)17-9-13-8-6-5-7-12(13)2;/h11-13H,4-10H2,1-3H3,(H2,16,17,18);1H. The fourth-order valence-electron chi connectivity index (χ4n) is 2.88. The van der Waals surface area contributed by atoms with Crippen LogP contribution < -0.4 is 10.6 Å². The maximum atomic E-state index is 4.60. The Labute approximate surface area is 150 Å². The Morgan fingerprint density at radius 2 is 2.14 bits per heavy atom. The van der Waals surface area contributed by atoms with E-state index in [1.807, 2.05) is 7.05 Å². The van der Waals surface area contributed by atoms with Crippen LogP contribution in [0.2, 0.25) is 0 Å². The van der Waals surface area contributed by atoms with Crippen molar-refractivity contribution in [3.63, 3.8) is 0 Å². The van der Waals surface area contributed by atoms with Crippen LogP contribution in [-0.2, 0) is 13.6 Å². The molecule has 2 rings (SSSR count). The molecule has 0 aliphatic heterocycles. The highest BCUT2D eigenvalue weighted by Gasteiger charge is 2.21. The van der Waals surface area contributed by atoms with E-state index >= 15 is 0 Å². The van der Waals surface area contributed by atoms with Crippen LogP contribution in [0.15, 0.2) is 11.3 Å². The second kappa shape index (κ2) is 10.0. The number of halogens is 1. The van der Waals surface area contributed by atoms with Crippen molar-refractivity contribution < 1.29 is 0 Å². The number of hydrogen-bond acceptors (Lipinski definition) is 3. The van der Waals surface area contributed by atoms with E-state index in [2.05, 4.69) is 39.6 Å². The quantitative estimate of drug-likeness (QED) is 0.436. The Kier molecular flexibility index (Phi) is 8.74. The van der Waals surface area contributed by atoms with Gasteiger partial charge in [0.15, 0.2) is 5.96 Å². The van der Waals surface area contributed by atoms with E-state index in [4.69, 9.17) is 0 Å². The average molecular weight is 420 g/mol. The van der Waals surface area contributed by atoms with Crippen molar-refractivity contribution in [2.24, 2.45) is 23.9 Å². The summed E-state index contributed by atoms with van der Waals surface area (Å²) in [6.07, 6.45) is 7.01. The molecule has 7 heteroatoms. The van der Waals surface area contributed by atoms with Crippen molar-refractivity contribution in [3.05, 3.63) is 12.2 Å². The molecule has 6 nitrogen and oxygen atoms in total. The molecule has 22 heavy (non-hydrogen) atoms. The summed E-state index contributed by atoms with van der Waals surface area (Å²) in [5, 5.41) is 10.8. The van der Waals surface area contributed by atoms with E-state index in [0.717, 1.165) is 36.7 Å². The minimum absolute atomic E-state index is 0. The van der Waals surface area contributed by atoms with Gasteiger partial charge in [-0.3, -0.25) is 4.68 Å². The number of nitrogens with one attached hydrogen (secondary N) is 2. The molecule has 2 unspecified atom stereocenters. The normalized spacial score (nSPS) is 22.0. The zero-order valence-electron chi connectivity index (χ0n) is 13.9. The molecule has 126 valence electrons. The van der Waals surface area contributed by atoms with Gasteiger partial charge in [-0.1, -0.05) is 26.2 Å². The maximum absolute atomic E-state index is 4.60. The van der Waals surface area contributed by atoms with Gasteiger partial charge in [-0.25, -0.2) is 9.98 Å². The smallest absolute Gasteiger partial charge is 0.191 e. The lowest BCUT2D eigenvalue weighted by atomic mass is 9.80. The largest absolute Gasteiger partial charge is 0.357 e. The Morgan fingerprint density at radius 3 is 2.77 bits per heavy atom. The van der Waals surface area contributed by atoms with Gasteiger partial charge >= 0.3 is 0 Å². The minimum atomic E-state index is 0. The lowest BCUT2D eigenvalue weighted by molar-refractivity contribution is 0.256. The number of nitrogens with zero attached hydrogens (tertiary/aromatic N) is 4. The molecule has 0 spiro atoms. The van der Waals surface area contributed by atoms with Crippen LogP contribution in [0.25, 0.3) is 0 Å². The van der Waals surface area contributed by atoms with E-state index in [-0.39, 0.29) is 24.0 Å². The van der Waals surface area contributed by atoms with Crippen molar-refractivity contribution in [2.45, 2.75) is 46.1 Å². The van der Waals surface area contributed by atoms with Gasteiger partial charge in [0.2, 0.25) is 0 Å². The maximum Gasteiger partial charge on any atom is 0.191 e. The fourth-order valence-corrected chi connectivity index (χ4v) is 2.88. The van der Waals surface area contributed by atoms with E-state index in [1.165, 1.54) is 25.7 Å². The number of guanidine groups is 1. The molecular formula is C15H29IN6. The topological polar surface area (TPSA) is 67.1 Å². The van der Waals surface area contributed by atoms with Crippen LogP contribution in [0.4, 0.5) is 0 Å². The van der Waals surface area contributed by atoms with Gasteiger partial charge in [-0.05, 0) is 25.2 Å². The molecule has 1 aliphatic carbocycles. The van der Waals surface area contributed by atoms with Gasteiger partial charge in [-0.2, -0.15) is 5.10 Å². The number of aryl methyl sites for hydroxylation is 1. The average Bonchev–Trinajstić information content (AvgIpc) is 2.89. The van der Waals surface area contributed by atoms with Crippen LogP contribution in [0.1, 0.15) is 45.4 Å². The summed E-state index contributed by atoms with van der Waals surface area (Å²) < 4.78 is 1.76. The summed E-state index contributed by atoms with van der Waals surface area (Å²) >= 11 is 0. The van der Waals surface area contributed by atoms with Crippen LogP contribution in [0.5, 0.6) is 0 Å². The zero-order chi connectivity index (χ0) is 15.1. The number of hydrogen-bond donors (Lipinski definition) is 2. The predicted molar refractivity (Wildman–Crippen MR) is 100 cm³/mol. The molecule has 1 aromatic heterocycles. The summed E-state index contributed by atoms with van der Waals surface area (Å²) in [7, 11) is 1.89. The molecule has 0 radical (unpaired) electrons. The van der Waals surface area contributed by atoms with E-state index in [0.29, 0.717) is 6.54 Å².